The summed E-state index contributed by atoms with van der Waals surface area (Å²) in [5, 5.41) is 9.80. The van der Waals surface area contributed by atoms with Crippen molar-refractivity contribution in [3.63, 3.8) is 0 Å². The van der Waals surface area contributed by atoms with Gasteiger partial charge in [-0.15, -0.1) is 0 Å². The number of hydrogen-bond donors (Lipinski definition) is 1. The Hall–Kier alpha value is -1.50. The van der Waals surface area contributed by atoms with E-state index in [1.807, 2.05) is 0 Å². The lowest BCUT2D eigenvalue weighted by Crippen LogP contribution is -2.44. The van der Waals surface area contributed by atoms with Gasteiger partial charge in [0.15, 0.2) is 6.10 Å². The zero-order valence-corrected chi connectivity index (χ0v) is 14.9. The zero-order chi connectivity index (χ0) is 17.9. The van der Waals surface area contributed by atoms with Gasteiger partial charge in [0.05, 0.1) is 17.5 Å². The number of rotatable bonds is 6. The third-order valence-electron chi connectivity index (χ3n) is 3.95. The lowest BCUT2D eigenvalue weighted by Gasteiger charge is -2.26. The first-order chi connectivity index (χ1) is 11.3. The van der Waals surface area contributed by atoms with E-state index in [0.717, 1.165) is 0 Å². The summed E-state index contributed by atoms with van der Waals surface area (Å²) in [4.78, 5) is 25.2. The molecule has 0 saturated carbocycles. The summed E-state index contributed by atoms with van der Waals surface area (Å²) in [6.45, 7) is 1.94. The van der Waals surface area contributed by atoms with Crippen LogP contribution in [0, 0.1) is 0 Å². The molecule has 0 radical (unpaired) electrons. The first-order valence-electron chi connectivity index (χ1n) is 7.48. The Balaban J connectivity index is 2.08. The first-order valence-corrected chi connectivity index (χ1v) is 8.24. The Morgan fingerprint density at radius 2 is 2.12 bits per heavy atom. The number of benzene rings is 1. The highest BCUT2D eigenvalue weighted by Crippen LogP contribution is 2.29. The molecular formula is C16H19Cl2NO5. The molecule has 1 amide bonds. The fourth-order valence-electron chi connectivity index (χ4n) is 2.75. The van der Waals surface area contributed by atoms with Crippen LogP contribution in [-0.4, -0.2) is 53.8 Å². The zero-order valence-electron chi connectivity index (χ0n) is 13.4. The molecule has 1 aliphatic heterocycles. The number of nitrogens with zero attached hydrogens (tertiary/aromatic N) is 1. The van der Waals surface area contributed by atoms with Crippen LogP contribution in [0.3, 0.4) is 0 Å². The van der Waals surface area contributed by atoms with Gasteiger partial charge in [0.25, 0.3) is 5.91 Å². The van der Waals surface area contributed by atoms with E-state index >= 15 is 0 Å². The Morgan fingerprint density at radius 1 is 1.42 bits per heavy atom. The molecule has 1 N–H and O–H groups in total. The maximum atomic E-state index is 12.7. The SMILES string of the molecule is COC1CC(CC(=O)O)N(C(=O)C(C)Oc2ccc(Cl)cc2Cl)C1. The van der Waals surface area contributed by atoms with Crippen molar-refractivity contribution in [1.82, 2.24) is 4.90 Å². The molecule has 1 heterocycles. The van der Waals surface area contributed by atoms with E-state index in [0.29, 0.717) is 28.8 Å². The fourth-order valence-corrected chi connectivity index (χ4v) is 3.21. The van der Waals surface area contributed by atoms with Crippen molar-refractivity contribution in [2.45, 2.75) is 38.0 Å². The average Bonchev–Trinajstić information content (AvgIpc) is 2.91. The molecular weight excluding hydrogens is 357 g/mol. The summed E-state index contributed by atoms with van der Waals surface area (Å²) in [6.07, 6.45) is -0.622. The molecule has 132 valence electrons. The van der Waals surface area contributed by atoms with Gasteiger partial charge in [0, 0.05) is 24.7 Å². The van der Waals surface area contributed by atoms with Crippen molar-refractivity contribution in [3.8, 4) is 5.75 Å². The summed E-state index contributed by atoms with van der Waals surface area (Å²) in [5.41, 5.74) is 0. The topological polar surface area (TPSA) is 76.1 Å². The van der Waals surface area contributed by atoms with Gasteiger partial charge >= 0.3 is 5.97 Å². The molecule has 0 aromatic heterocycles. The minimum atomic E-state index is -0.955. The van der Waals surface area contributed by atoms with Gasteiger partial charge in [-0.25, -0.2) is 0 Å². The summed E-state index contributed by atoms with van der Waals surface area (Å²) in [6, 6.07) is 4.32. The number of halogens is 2. The van der Waals surface area contributed by atoms with Gasteiger partial charge in [0.1, 0.15) is 5.75 Å². The molecule has 1 aromatic carbocycles. The van der Waals surface area contributed by atoms with E-state index in [4.69, 9.17) is 37.8 Å². The third kappa shape index (κ3) is 4.53. The molecule has 0 spiro atoms. The van der Waals surface area contributed by atoms with Gasteiger partial charge in [-0.2, -0.15) is 0 Å². The molecule has 1 aromatic rings. The van der Waals surface area contributed by atoms with E-state index in [9.17, 15) is 9.59 Å². The molecule has 3 unspecified atom stereocenters. The predicted octanol–water partition coefficient (Wildman–Crippen LogP) is 2.85. The van der Waals surface area contributed by atoms with Crippen molar-refractivity contribution in [2.24, 2.45) is 0 Å². The van der Waals surface area contributed by atoms with Crippen LogP contribution in [-0.2, 0) is 14.3 Å². The maximum absolute atomic E-state index is 12.7. The second-order valence-electron chi connectivity index (χ2n) is 5.67. The first kappa shape index (κ1) is 18.8. The van der Waals surface area contributed by atoms with Gasteiger partial charge in [-0.3, -0.25) is 9.59 Å². The van der Waals surface area contributed by atoms with Crippen LogP contribution in [0.5, 0.6) is 5.75 Å². The molecule has 24 heavy (non-hydrogen) atoms. The maximum Gasteiger partial charge on any atom is 0.305 e. The Bertz CT molecular complexity index is 624. The minimum Gasteiger partial charge on any atom is -0.481 e. The molecule has 1 fully saturated rings. The fraction of sp³-hybridized carbons (Fsp3) is 0.500. The van der Waals surface area contributed by atoms with Crippen molar-refractivity contribution in [3.05, 3.63) is 28.2 Å². The van der Waals surface area contributed by atoms with Gasteiger partial charge in [-0.1, -0.05) is 23.2 Å². The lowest BCUT2D eigenvalue weighted by molar-refractivity contribution is -0.142. The number of carboxylic acids is 1. The molecule has 1 saturated heterocycles. The van der Waals surface area contributed by atoms with Crippen molar-refractivity contribution >= 4 is 35.1 Å². The van der Waals surface area contributed by atoms with Crippen molar-refractivity contribution in [1.29, 1.82) is 0 Å². The highest BCUT2D eigenvalue weighted by molar-refractivity contribution is 6.35. The van der Waals surface area contributed by atoms with Crippen LogP contribution in [0.15, 0.2) is 18.2 Å². The van der Waals surface area contributed by atoms with Crippen LogP contribution in [0.1, 0.15) is 19.8 Å². The van der Waals surface area contributed by atoms with Crippen molar-refractivity contribution < 1.29 is 24.2 Å². The largest absolute Gasteiger partial charge is 0.481 e. The van der Waals surface area contributed by atoms with E-state index in [1.54, 1.807) is 26.2 Å². The summed E-state index contributed by atoms with van der Waals surface area (Å²) < 4.78 is 10.9. The van der Waals surface area contributed by atoms with E-state index in [-0.39, 0.29) is 18.4 Å². The van der Waals surface area contributed by atoms with E-state index in [2.05, 4.69) is 0 Å². The molecule has 0 bridgehead atoms. The molecule has 6 nitrogen and oxygen atoms in total. The van der Waals surface area contributed by atoms with E-state index < -0.39 is 18.1 Å². The number of likely N-dealkylation sites (tertiary alicyclic amines) is 1. The average molecular weight is 376 g/mol. The Labute approximate surface area is 150 Å². The Kier molecular flexibility index (Phi) is 6.32. The van der Waals surface area contributed by atoms with Crippen LogP contribution in [0.4, 0.5) is 0 Å². The highest BCUT2D eigenvalue weighted by Gasteiger charge is 2.38. The molecule has 0 aliphatic carbocycles. The smallest absolute Gasteiger partial charge is 0.305 e. The molecule has 1 aliphatic rings. The lowest BCUT2D eigenvalue weighted by atomic mass is 10.1. The van der Waals surface area contributed by atoms with Crippen LogP contribution < -0.4 is 4.74 Å². The standard InChI is InChI=1S/C16H19Cl2NO5/c1-9(24-14-4-3-10(17)5-13(14)18)16(22)19-8-12(23-2)6-11(19)7-15(20)21/h3-5,9,11-12H,6-8H2,1-2H3,(H,20,21). The summed E-state index contributed by atoms with van der Waals surface area (Å²) in [7, 11) is 1.55. The molecule has 3 atom stereocenters. The number of carbonyl (C=O) groups excluding carboxylic acids is 1. The second kappa shape index (κ2) is 8.05. The second-order valence-corrected chi connectivity index (χ2v) is 6.51. The number of aliphatic carboxylic acids is 1. The number of carboxylic acid groups (broad SMARTS) is 1. The Morgan fingerprint density at radius 3 is 2.71 bits per heavy atom. The molecule has 2 rings (SSSR count). The van der Waals surface area contributed by atoms with E-state index in [1.165, 1.54) is 11.0 Å². The number of hydrogen-bond acceptors (Lipinski definition) is 4. The number of methoxy groups -OCH3 is 1. The van der Waals surface area contributed by atoms with Gasteiger partial charge in [-0.05, 0) is 31.5 Å². The monoisotopic (exact) mass is 375 g/mol. The molecule has 8 heteroatoms. The number of amides is 1. The van der Waals surface area contributed by atoms with Crippen LogP contribution in [0.25, 0.3) is 0 Å². The quantitative estimate of drug-likeness (QED) is 0.826. The number of carbonyl (C=O) groups is 2. The van der Waals surface area contributed by atoms with Gasteiger partial charge in [0.2, 0.25) is 0 Å². The predicted molar refractivity (Wildman–Crippen MR) is 89.7 cm³/mol. The van der Waals surface area contributed by atoms with Crippen LogP contribution >= 0.6 is 23.2 Å². The third-order valence-corrected chi connectivity index (χ3v) is 4.48. The minimum absolute atomic E-state index is 0.125. The summed E-state index contributed by atoms with van der Waals surface area (Å²) >= 11 is 11.9. The van der Waals surface area contributed by atoms with Gasteiger partial charge < -0.3 is 19.5 Å². The van der Waals surface area contributed by atoms with Crippen LogP contribution in [0.2, 0.25) is 10.0 Å². The summed E-state index contributed by atoms with van der Waals surface area (Å²) in [5.74, 6) is -0.908. The number of ether oxygens (including phenoxy) is 2. The normalized spacial score (nSPS) is 21.6. The van der Waals surface area contributed by atoms with Crippen molar-refractivity contribution in [2.75, 3.05) is 13.7 Å². The highest BCUT2D eigenvalue weighted by atomic mass is 35.5.